The van der Waals surface area contributed by atoms with Gasteiger partial charge in [0.1, 0.15) is 11.8 Å². The summed E-state index contributed by atoms with van der Waals surface area (Å²) in [5.41, 5.74) is 0.456. The average Bonchev–Trinajstić information content (AvgIpc) is 3.62. The standard InChI is InChI=1S/C23H33N3O4/c1-4-15(2)24-22(28)20(25-21(27)18-6-5-7-19(14-18)30-3)16-10-12-26(13-11-16)23(29)17-8-9-17/h5-7,14-17,20H,4,8-13H2,1-3H3,(H,24,28)(H,25,27)/t15-,20-/m1/s1. The summed E-state index contributed by atoms with van der Waals surface area (Å²) < 4.78 is 5.20. The number of piperidine rings is 1. The van der Waals surface area contributed by atoms with Crippen molar-refractivity contribution in [3.63, 3.8) is 0 Å². The van der Waals surface area contributed by atoms with Crippen molar-refractivity contribution in [1.29, 1.82) is 0 Å². The Bertz CT molecular complexity index is 769. The van der Waals surface area contributed by atoms with Crippen molar-refractivity contribution in [2.75, 3.05) is 20.2 Å². The van der Waals surface area contributed by atoms with Gasteiger partial charge in [0, 0.05) is 30.6 Å². The molecule has 164 valence electrons. The number of rotatable bonds is 8. The lowest BCUT2D eigenvalue weighted by molar-refractivity contribution is -0.134. The number of amides is 3. The van der Waals surface area contributed by atoms with Crippen LogP contribution in [0.5, 0.6) is 5.75 Å². The molecule has 2 N–H and O–H groups in total. The molecule has 3 amide bonds. The van der Waals surface area contributed by atoms with E-state index in [0.29, 0.717) is 37.2 Å². The van der Waals surface area contributed by atoms with Crippen LogP contribution in [0.4, 0.5) is 0 Å². The summed E-state index contributed by atoms with van der Waals surface area (Å²) in [6.45, 7) is 5.25. The summed E-state index contributed by atoms with van der Waals surface area (Å²) in [6, 6.07) is 6.30. The molecule has 1 saturated carbocycles. The number of hydrogen-bond acceptors (Lipinski definition) is 4. The van der Waals surface area contributed by atoms with Gasteiger partial charge in [0.25, 0.3) is 5.91 Å². The van der Waals surface area contributed by atoms with E-state index in [-0.39, 0.29) is 35.6 Å². The van der Waals surface area contributed by atoms with E-state index in [1.54, 1.807) is 31.4 Å². The third kappa shape index (κ3) is 5.52. The highest BCUT2D eigenvalue weighted by molar-refractivity contribution is 5.98. The van der Waals surface area contributed by atoms with Crippen LogP contribution in [-0.2, 0) is 9.59 Å². The summed E-state index contributed by atoms with van der Waals surface area (Å²) in [6.07, 6.45) is 4.21. The Morgan fingerprint density at radius 2 is 1.83 bits per heavy atom. The van der Waals surface area contributed by atoms with Gasteiger partial charge in [-0.25, -0.2) is 0 Å². The first-order chi connectivity index (χ1) is 14.4. The Kier molecular flexibility index (Phi) is 7.34. The molecule has 7 nitrogen and oxygen atoms in total. The van der Waals surface area contributed by atoms with Gasteiger partial charge in [-0.05, 0) is 63.1 Å². The Balaban J connectivity index is 1.69. The Hall–Kier alpha value is -2.57. The lowest BCUT2D eigenvalue weighted by Gasteiger charge is -2.36. The molecule has 0 spiro atoms. The maximum Gasteiger partial charge on any atom is 0.252 e. The van der Waals surface area contributed by atoms with Gasteiger partial charge in [0.15, 0.2) is 0 Å². The lowest BCUT2D eigenvalue weighted by atomic mass is 9.88. The monoisotopic (exact) mass is 415 g/mol. The van der Waals surface area contributed by atoms with Gasteiger partial charge in [-0.3, -0.25) is 14.4 Å². The number of nitrogens with zero attached hydrogens (tertiary/aromatic N) is 1. The molecule has 2 atom stereocenters. The van der Waals surface area contributed by atoms with E-state index < -0.39 is 6.04 Å². The van der Waals surface area contributed by atoms with Gasteiger partial charge >= 0.3 is 0 Å². The van der Waals surface area contributed by atoms with Gasteiger partial charge in [-0.15, -0.1) is 0 Å². The third-order valence-electron chi connectivity index (χ3n) is 6.15. The summed E-state index contributed by atoms with van der Waals surface area (Å²) in [5, 5.41) is 5.96. The Morgan fingerprint density at radius 3 is 2.43 bits per heavy atom. The van der Waals surface area contributed by atoms with Crippen LogP contribution in [0.1, 0.15) is 56.3 Å². The highest BCUT2D eigenvalue weighted by Gasteiger charge is 2.38. The van der Waals surface area contributed by atoms with Gasteiger partial charge in [-0.2, -0.15) is 0 Å². The molecule has 0 radical (unpaired) electrons. The second-order valence-electron chi connectivity index (χ2n) is 8.44. The van der Waals surface area contributed by atoms with E-state index in [0.717, 1.165) is 19.3 Å². The number of likely N-dealkylation sites (tertiary alicyclic amines) is 1. The third-order valence-corrected chi connectivity index (χ3v) is 6.15. The molecule has 1 aromatic rings. The van der Waals surface area contributed by atoms with Crippen LogP contribution in [0.15, 0.2) is 24.3 Å². The molecule has 30 heavy (non-hydrogen) atoms. The maximum atomic E-state index is 13.0. The first-order valence-corrected chi connectivity index (χ1v) is 11.0. The molecule has 3 rings (SSSR count). The summed E-state index contributed by atoms with van der Waals surface area (Å²) in [7, 11) is 1.55. The quantitative estimate of drug-likeness (QED) is 0.682. The van der Waals surface area contributed by atoms with Crippen LogP contribution in [0.2, 0.25) is 0 Å². The van der Waals surface area contributed by atoms with Crippen LogP contribution >= 0.6 is 0 Å². The highest BCUT2D eigenvalue weighted by Crippen LogP contribution is 2.33. The fraction of sp³-hybridized carbons (Fsp3) is 0.609. The fourth-order valence-corrected chi connectivity index (χ4v) is 3.86. The summed E-state index contributed by atoms with van der Waals surface area (Å²) in [5.74, 6) is 0.581. The number of nitrogens with one attached hydrogen (secondary N) is 2. The molecule has 0 aromatic heterocycles. The van der Waals surface area contributed by atoms with E-state index in [2.05, 4.69) is 10.6 Å². The van der Waals surface area contributed by atoms with Crippen LogP contribution < -0.4 is 15.4 Å². The van der Waals surface area contributed by atoms with Gasteiger partial charge in [0.2, 0.25) is 11.8 Å². The van der Waals surface area contributed by atoms with Crippen molar-refractivity contribution in [2.45, 2.75) is 58.0 Å². The van der Waals surface area contributed by atoms with Crippen molar-refractivity contribution >= 4 is 17.7 Å². The topological polar surface area (TPSA) is 87.7 Å². The molecule has 2 fully saturated rings. The zero-order chi connectivity index (χ0) is 21.7. The molecular formula is C23H33N3O4. The number of hydrogen-bond donors (Lipinski definition) is 2. The minimum absolute atomic E-state index is 0.00753. The molecule has 1 heterocycles. The second-order valence-corrected chi connectivity index (χ2v) is 8.44. The molecule has 0 bridgehead atoms. The summed E-state index contributed by atoms with van der Waals surface area (Å²) in [4.78, 5) is 40.2. The first kappa shape index (κ1) is 22.1. The van der Waals surface area contributed by atoms with E-state index in [9.17, 15) is 14.4 Å². The summed E-state index contributed by atoms with van der Waals surface area (Å²) >= 11 is 0. The molecular weight excluding hydrogens is 382 g/mol. The van der Waals surface area contributed by atoms with Crippen LogP contribution in [0, 0.1) is 11.8 Å². The van der Waals surface area contributed by atoms with E-state index in [1.807, 2.05) is 18.7 Å². The zero-order valence-electron chi connectivity index (χ0n) is 18.1. The van der Waals surface area contributed by atoms with Crippen LogP contribution in [0.3, 0.4) is 0 Å². The van der Waals surface area contributed by atoms with Crippen LogP contribution in [0.25, 0.3) is 0 Å². The second kappa shape index (κ2) is 9.96. The van der Waals surface area contributed by atoms with Gasteiger partial charge < -0.3 is 20.3 Å². The number of ether oxygens (including phenoxy) is 1. The smallest absolute Gasteiger partial charge is 0.252 e. The number of carbonyl (C=O) groups is 3. The van der Waals surface area contributed by atoms with Gasteiger partial charge in [-0.1, -0.05) is 13.0 Å². The molecule has 1 aliphatic carbocycles. The van der Waals surface area contributed by atoms with E-state index in [4.69, 9.17) is 4.74 Å². The Morgan fingerprint density at radius 1 is 1.13 bits per heavy atom. The number of carbonyl (C=O) groups excluding carboxylic acids is 3. The van der Waals surface area contributed by atoms with Crippen molar-refractivity contribution in [1.82, 2.24) is 15.5 Å². The van der Waals surface area contributed by atoms with Crippen molar-refractivity contribution < 1.29 is 19.1 Å². The predicted molar refractivity (Wildman–Crippen MR) is 114 cm³/mol. The number of methoxy groups -OCH3 is 1. The SMILES string of the molecule is CC[C@@H](C)NC(=O)[C@H](NC(=O)c1cccc(OC)c1)C1CCN(C(=O)C2CC2)CC1. The zero-order valence-corrected chi connectivity index (χ0v) is 18.1. The molecule has 1 aromatic carbocycles. The highest BCUT2D eigenvalue weighted by atomic mass is 16.5. The van der Waals surface area contributed by atoms with Crippen LogP contribution in [-0.4, -0.2) is 54.9 Å². The van der Waals surface area contributed by atoms with Gasteiger partial charge in [0.05, 0.1) is 7.11 Å². The largest absolute Gasteiger partial charge is 0.497 e. The normalized spacial score (nSPS) is 19.0. The number of benzene rings is 1. The Labute approximate surface area is 178 Å². The lowest BCUT2D eigenvalue weighted by Crippen LogP contribution is -2.55. The molecule has 2 aliphatic rings. The van der Waals surface area contributed by atoms with Crippen molar-refractivity contribution in [2.24, 2.45) is 11.8 Å². The minimum atomic E-state index is -0.629. The average molecular weight is 416 g/mol. The van der Waals surface area contributed by atoms with Crippen molar-refractivity contribution in [3.05, 3.63) is 29.8 Å². The molecule has 1 aliphatic heterocycles. The molecule has 0 unspecified atom stereocenters. The predicted octanol–water partition coefficient (Wildman–Crippen LogP) is 2.36. The van der Waals surface area contributed by atoms with Crippen molar-refractivity contribution in [3.8, 4) is 5.75 Å². The molecule has 1 saturated heterocycles. The van der Waals surface area contributed by atoms with E-state index in [1.165, 1.54) is 0 Å². The minimum Gasteiger partial charge on any atom is -0.497 e. The first-order valence-electron chi connectivity index (χ1n) is 11.0. The van der Waals surface area contributed by atoms with E-state index >= 15 is 0 Å². The fourth-order valence-electron chi connectivity index (χ4n) is 3.86. The maximum absolute atomic E-state index is 13.0. The molecule has 7 heteroatoms.